The molecule has 2 amide bonds. The number of hydrogen-bond donors (Lipinski definition) is 2. The summed E-state index contributed by atoms with van der Waals surface area (Å²) >= 11 is 4.61. The van der Waals surface area contributed by atoms with Crippen molar-refractivity contribution in [2.75, 3.05) is 22.1 Å². The second-order valence-electron chi connectivity index (χ2n) is 5.91. The van der Waals surface area contributed by atoms with Gasteiger partial charge in [0.05, 0.1) is 11.5 Å². The maximum atomic E-state index is 12.1. The van der Waals surface area contributed by atoms with E-state index in [1.165, 1.54) is 11.8 Å². The van der Waals surface area contributed by atoms with Crippen molar-refractivity contribution in [1.29, 1.82) is 0 Å². The minimum atomic E-state index is -0.173. The van der Waals surface area contributed by atoms with Crippen LogP contribution in [-0.2, 0) is 9.59 Å². The number of carbonyl (C=O) groups is 2. The Balaban J connectivity index is 1.39. The van der Waals surface area contributed by atoms with E-state index in [1.54, 1.807) is 48.8 Å². The highest BCUT2D eigenvalue weighted by Gasteiger charge is 2.07. The molecule has 0 aliphatic carbocycles. The van der Waals surface area contributed by atoms with Gasteiger partial charge in [0.2, 0.25) is 11.8 Å². The number of thioether (sulfide) groups is 1. The van der Waals surface area contributed by atoms with Crippen molar-refractivity contribution < 1.29 is 14.3 Å². The molecule has 1 heterocycles. The maximum absolute atomic E-state index is 12.1. The number of anilines is 2. The molecular formula is C21H18BrN3O3S. The number of hydrogen-bond acceptors (Lipinski definition) is 5. The number of pyridine rings is 1. The SMILES string of the molecule is O=C(CSCC(=O)Nc1cccc(Br)c1)Nc1ccc(Oc2ccncc2)cc1. The van der Waals surface area contributed by atoms with E-state index in [2.05, 4.69) is 31.5 Å². The molecule has 0 atom stereocenters. The second-order valence-corrected chi connectivity index (χ2v) is 7.81. The van der Waals surface area contributed by atoms with Gasteiger partial charge in [-0.05, 0) is 54.6 Å². The van der Waals surface area contributed by atoms with Crippen LogP contribution >= 0.6 is 27.7 Å². The molecule has 148 valence electrons. The molecule has 6 nitrogen and oxygen atoms in total. The van der Waals surface area contributed by atoms with Crippen LogP contribution in [0.15, 0.2) is 77.5 Å². The molecule has 0 aliphatic rings. The minimum absolute atomic E-state index is 0.154. The summed E-state index contributed by atoms with van der Waals surface area (Å²) in [5.41, 5.74) is 1.37. The minimum Gasteiger partial charge on any atom is -0.457 e. The van der Waals surface area contributed by atoms with Crippen LogP contribution in [0.3, 0.4) is 0 Å². The number of nitrogens with zero attached hydrogens (tertiary/aromatic N) is 1. The highest BCUT2D eigenvalue weighted by atomic mass is 79.9. The molecule has 0 radical (unpaired) electrons. The van der Waals surface area contributed by atoms with E-state index in [9.17, 15) is 9.59 Å². The Hall–Kier alpha value is -2.84. The topological polar surface area (TPSA) is 80.3 Å². The van der Waals surface area contributed by atoms with Gasteiger partial charge in [-0.25, -0.2) is 0 Å². The van der Waals surface area contributed by atoms with Gasteiger partial charge in [0.25, 0.3) is 0 Å². The van der Waals surface area contributed by atoms with Gasteiger partial charge in [-0.3, -0.25) is 14.6 Å². The Morgan fingerprint density at radius 3 is 2.14 bits per heavy atom. The lowest BCUT2D eigenvalue weighted by Gasteiger charge is -2.08. The fraction of sp³-hybridized carbons (Fsp3) is 0.0952. The Morgan fingerprint density at radius 2 is 1.48 bits per heavy atom. The van der Waals surface area contributed by atoms with Crippen molar-refractivity contribution in [3.05, 3.63) is 77.5 Å². The molecule has 0 bridgehead atoms. The predicted octanol–water partition coefficient (Wildman–Crippen LogP) is 4.95. The summed E-state index contributed by atoms with van der Waals surface area (Å²) in [5, 5.41) is 5.59. The van der Waals surface area contributed by atoms with Crippen molar-refractivity contribution in [2.24, 2.45) is 0 Å². The van der Waals surface area contributed by atoms with Crippen molar-refractivity contribution in [1.82, 2.24) is 4.98 Å². The zero-order valence-electron chi connectivity index (χ0n) is 15.3. The first kappa shape index (κ1) is 20.9. The maximum Gasteiger partial charge on any atom is 0.234 e. The van der Waals surface area contributed by atoms with Crippen molar-refractivity contribution in [3.63, 3.8) is 0 Å². The highest BCUT2D eigenvalue weighted by molar-refractivity contribution is 9.10. The average molecular weight is 472 g/mol. The number of carbonyl (C=O) groups excluding carboxylic acids is 2. The first-order valence-corrected chi connectivity index (χ1v) is 10.6. The van der Waals surface area contributed by atoms with Crippen LogP contribution in [0.4, 0.5) is 11.4 Å². The predicted molar refractivity (Wildman–Crippen MR) is 119 cm³/mol. The van der Waals surface area contributed by atoms with Gasteiger partial charge in [0.15, 0.2) is 0 Å². The third-order valence-corrected chi connectivity index (χ3v) is 5.02. The molecule has 0 spiro atoms. The number of rotatable bonds is 8. The molecule has 3 rings (SSSR count). The van der Waals surface area contributed by atoms with Gasteiger partial charge in [-0.2, -0.15) is 0 Å². The van der Waals surface area contributed by atoms with Crippen molar-refractivity contribution in [2.45, 2.75) is 0 Å². The van der Waals surface area contributed by atoms with E-state index >= 15 is 0 Å². The number of aromatic nitrogens is 1. The monoisotopic (exact) mass is 471 g/mol. The van der Waals surface area contributed by atoms with Crippen molar-refractivity contribution >= 4 is 50.9 Å². The Labute approximate surface area is 181 Å². The lowest BCUT2D eigenvalue weighted by Crippen LogP contribution is -2.18. The molecule has 2 N–H and O–H groups in total. The molecule has 0 aliphatic heterocycles. The van der Waals surface area contributed by atoms with E-state index in [0.717, 1.165) is 4.47 Å². The molecule has 0 saturated carbocycles. The van der Waals surface area contributed by atoms with Crippen LogP contribution < -0.4 is 15.4 Å². The number of nitrogens with one attached hydrogen (secondary N) is 2. The lowest BCUT2D eigenvalue weighted by atomic mass is 10.3. The standard InChI is InChI=1S/C21H18BrN3O3S/c22-15-2-1-3-17(12-15)25-21(27)14-29-13-20(26)24-16-4-6-18(7-5-16)28-19-8-10-23-11-9-19/h1-12H,13-14H2,(H,24,26)(H,25,27). The van der Waals surface area contributed by atoms with Crippen LogP contribution in [0.2, 0.25) is 0 Å². The Kier molecular flexibility index (Phi) is 7.66. The smallest absolute Gasteiger partial charge is 0.234 e. The first-order valence-electron chi connectivity index (χ1n) is 8.69. The van der Waals surface area contributed by atoms with Crippen LogP contribution in [-0.4, -0.2) is 28.3 Å². The number of halogens is 1. The summed E-state index contributed by atoms with van der Waals surface area (Å²) in [4.78, 5) is 28.0. The number of ether oxygens (including phenoxy) is 1. The van der Waals surface area contributed by atoms with Gasteiger partial charge in [0, 0.05) is 28.2 Å². The largest absolute Gasteiger partial charge is 0.457 e. The van der Waals surface area contributed by atoms with Gasteiger partial charge in [-0.1, -0.05) is 22.0 Å². The van der Waals surface area contributed by atoms with Crippen molar-refractivity contribution in [3.8, 4) is 11.5 Å². The van der Waals surface area contributed by atoms with E-state index in [0.29, 0.717) is 22.9 Å². The molecule has 29 heavy (non-hydrogen) atoms. The molecule has 0 fully saturated rings. The van der Waals surface area contributed by atoms with E-state index in [4.69, 9.17) is 4.74 Å². The number of amides is 2. The molecule has 0 unspecified atom stereocenters. The third kappa shape index (κ3) is 7.24. The van der Waals surface area contributed by atoms with Crippen LogP contribution in [0.5, 0.6) is 11.5 Å². The van der Waals surface area contributed by atoms with E-state index < -0.39 is 0 Å². The van der Waals surface area contributed by atoms with Gasteiger partial charge >= 0.3 is 0 Å². The zero-order chi connectivity index (χ0) is 20.5. The normalized spacial score (nSPS) is 10.2. The fourth-order valence-electron chi connectivity index (χ4n) is 2.35. The van der Waals surface area contributed by atoms with Crippen LogP contribution in [0, 0.1) is 0 Å². The third-order valence-electron chi connectivity index (χ3n) is 3.60. The van der Waals surface area contributed by atoms with Crippen LogP contribution in [0.1, 0.15) is 0 Å². The molecular weight excluding hydrogens is 454 g/mol. The Bertz CT molecular complexity index is 968. The summed E-state index contributed by atoms with van der Waals surface area (Å²) in [6.45, 7) is 0. The summed E-state index contributed by atoms with van der Waals surface area (Å²) < 4.78 is 6.57. The highest BCUT2D eigenvalue weighted by Crippen LogP contribution is 2.22. The first-order chi connectivity index (χ1) is 14.1. The second kappa shape index (κ2) is 10.6. The summed E-state index contributed by atoms with van der Waals surface area (Å²) in [5.74, 6) is 1.40. The van der Waals surface area contributed by atoms with Gasteiger partial charge < -0.3 is 15.4 Å². The summed E-state index contributed by atoms with van der Waals surface area (Å²) in [6, 6.07) is 17.9. The molecule has 2 aromatic carbocycles. The van der Waals surface area contributed by atoms with E-state index in [1.807, 2.05) is 24.3 Å². The summed E-state index contributed by atoms with van der Waals surface area (Å²) in [6.07, 6.45) is 3.31. The molecule has 0 saturated heterocycles. The number of benzene rings is 2. The quantitative estimate of drug-likeness (QED) is 0.485. The molecule has 1 aromatic heterocycles. The van der Waals surface area contributed by atoms with Gasteiger partial charge in [0.1, 0.15) is 11.5 Å². The van der Waals surface area contributed by atoms with E-state index in [-0.39, 0.29) is 23.3 Å². The zero-order valence-corrected chi connectivity index (χ0v) is 17.7. The molecule has 3 aromatic rings. The summed E-state index contributed by atoms with van der Waals surface area (Å²) in [7, 11) is 0. The Morgan fingerprint density at radius 1 is 0.862 bits per heavy atom. The van der Waals surface area contributed by atoms with Crippen LogP contribution in [0.25, 0.3) is 0 Å². The average Bonchev–Trinajstić information content (AvgIpc) is 2.70. The molecule has 8 heteroatoms. The lowest BCUT2D eigenvalue weighted by molar-refractivity contribution is -0.114. The van der Waals surface area contributed by atoms with Gasteiger partial charge in [-0.15, -0.1) is 11.8 Å². The fourth-order valence-corrected chi connectivity index (χ4v) is 3.36.